The van der Waals surface area contributed by atoms with Crippen molar-refractivity contribution in [3.63, 3.8) is 0 Å². The third kappa shape index (κ3) is 1.71. The fourth-order valence-corrected chi connectivity index (χ4v) is 2.07. The van der Waals surface area contributed by atoms with E-state index in [-0.39, 0.29) is 11.6 Å². The van der Waals surface area contributed by atoms with Crippen molar-refractivity contribution in [3.05, 3.63) is 12.7 Å². The Hall–Kier alpha value is -0.920. The largest absolute Gasteiger partial charge is 0.299 e. The van der Waals surface area contributed by atoms with E-state index in [0.717, 1.165) is 12.8 Å². The highest BCUT2D eigenvalue weighted by molar-refractivity contribution is 6.06. The number of allylic oxidation sites excluding steroid dienone is 1. The van der Waals surface area contributed by atoms with E-state index in [1.807, 2.05) is 0 Å². The molecule has 0 radical (unpaired) electrons. The van der Waals surface area contributed by atoms with Gasteiger partial charge in [0.05, 0.1) is 5.41 Å². The van der Waals surface area contributed by atoms with Crippen LogP contribution in [-0.4, -0.2) is 11.6 Å². The standard InChI is InChI=1S/C11H16O2/c1-3-7-11(9(2)12)8-5-4-6-10(11)13/h3H,1,4-8H2,2H3. The van der Waals surface area contributed by atoms with Gasteiger partial charge in [0.25, 0.3) is 0 Å². The number of rotatable bonds is 3. The second-order valence-electron chi connectivity index (χ2n) is 3.76. The minimum absolute atomic E-state index is 0.0112. The minimum Gasteiger partial charge on any atom is -0.299 e. The lowest BCUT2D eigenvalue weighted by molar-refractivity contribution is -0.141. The van der Waals surface area contributed by atoms with Crippen molar-refractivity contribution < 1.29 is 9.59 Å². The molecule has 13 heavy (non-hydrogen) atoms. The monoisotopic (exact) mass is 180 g/mol. The van der Waals surface area contributed by atoms with Crippen LogP contribution in [0.1, 0.15) is 39.0 Å². The van der Waals surface area contributed by atoms with Gasteiger partial charge in [-0.1, -0.05) is 12.5 Å². The zero-order valence-corrected chi connectivity index (χ0v) is 8.14. The van der Waals surface area contributed by atoms with Crippen molar-refractivity contribution in [1.82, 2.24) is 0 Å². The van der Waals surface area contributed by atoms with Gasteiger partial charge in [-0.25, -0.2) is 0 Å². The van der Waals surface area contributed by atoms with Crippen LogP contribution in [0.4, 0.5) is 0 Å². The molecule has 1 rings (SSSR count). The summed E-state index contributed by atoms with van der Waals surface area (Å²) in [7, 11) is 0. The maximum absolute atomic E-state index is 11.7. The summed E-state index contributed by atoms with van der Waals surface area (Å²) in [5, 5.41) is 0. The smallest absolute Gasteiger partial charge is 0.146 e. The van der Waals surface area contributed by atoms with Gasteiger partial charge >= 0.3 is 0 Å². The molecular formula is C11H16O2. The molecule has 0 saturated heterocycles. The van der Waals surface area contributed by atoms with Gasteiger partial charge in [-0.05, 0) is 26.2 Å². The predicted molar refractivity (Wildman–Crippen MR) is 51.4 cm³/mol. The van der Waals surface area contributed by atoms with Crippen LogP contribution < -0.4 is 0 Å². The lowest BCUT2D eigenvalue weighted by Gasteiger charge is -2.32. The molecule has 0 spiro atoms. The van der Waals surface area contributed by atoms with E-state index in [2.05, 4.69) is 6.58 Å². The fourth-order valence-electron chi connectivity index (χ4n) is 2.07. The first-order valence-corrected chi connectivity index (χ1v) is 4.79. The highest BCUT2D eigenvalue weighted by Gasteiger charge is 2.42. The highest BCUT2D eigenvalue weighted by atomic mass is 16.2. The Morgan fingerprint density at radius 2 is 2.31 bits per heavy atom. The SMILES string of the molecule is C=CCC1(C(C)=O)CCCCC1=O. The molecule has 0 aromatic heterocycles. The Balaban J connectivity index is 2.92. The Kier molecular flexibility index (Phi) is 3.02. The van der Waals surface area contributed by atoms with Gasteiger partial charge in [-0.3, -0.25) is 9.59 Å². The number of ketones is 2. The third-order valence-corrected chi connectivity index (χ3v) is 2.96. The summed E-state index contributed by atoms with van der Waals surface area (Å²) >= 11 is 0. The van der Waals surface area contributed by atoms with E-state index in [1.54, 1.807) is 6.08 Å². The molecule has 1 saturated carbocycles. The van der Waals surface area contributed by atoms with E-state index < -0.39 is 5.41 Å². The van der Waals surface area contributed by atoms with Crippen molar-refractivity contribution in [2.24, 2.45) is 5.41 Å². The first-order valence-electron chi connectivity index (χ1n) is 4.79. The quantitative estimate of drug-likeness (QED) is 0.493. The first-order chi connectivity index (χ1) is 6.13. The normalized spacial score (nSPS) is 28.5. The highest BCUT2D eigenvalue weighted by Crippen LogP contribution is 2.37. The van der Waals surface area contributed by atoms with Gasteiger partial charge in [0, 0.05) is 6.42 Å². The lowest BCUT2D eigenvalue weighted by Crippen LogP contribution is -2.39. The zero-order valence-electron chi connectivity index (χ0n) is 8.14. The van der Waals surface area contributed by atoms with E-state index in [9.17, 15) is 9.59 Å². The number of carbonyl (C=O) groups excluding carboxylic acids is 2. The Bertz CT molecular complexity index is 242. The first kappa shape index (κ1) is 10.2. The molecular weight excluding hydrogens is 164 g/mol. The summed E-state index contributed by atoms with van der Waals surface area (Å²) < 4.78 is 0. The van der Waals surface area contributed by atoms with Gasteiger partial charge in [0.2, 0.25) is 0 Å². The molecule has 0 heterocycles. The molecule has 0 aromatic carbocycles. The fraction of sp³-hybridized carbons (Fsp3) is 0.636. The van der Waals surface area contributed by atoms with E-state index in [0.29, 0.717) is 19.3 Å². The number of hydrogen-bond acceptors (Lipinski definition) is 2. The predicted octanol–water partition coefficient (Wildman–Crippen LogP) is 2.28. The van der Waals surface area contributed by atoms with E-state index in [1.165, 1.54) is 6.92 Å². The van der Waals surface area contributed by atoms with Crippen LogP contribution in [0.2, 0.25) is 0 Å². The van der Waals surface area contributed by atoms with Crippen LogP contribution in [0.3, 0.4) is 0 Å². The molecule has 1 aliphatic rings. The lowest BCUT2D eigenvalue weighted by atomic mass is 9.68. The van der Waals surface area contributed by atoms with Gasteiger partial charge in [-0.2, -0.15) is 0 Å². The van der Waals surface area contributed by atoms with Crippen LogP contribution >= 0.6 is 0 Å². The van der Waals surface area contributed by atoms with Gasteiger partial charge in [0.15, 0.2) is 0 Å². The Morgan fingerprint density at radius 3 is 2.77 bits per heavy atom. The third-order valence-electron chi connectivity index (χ3n) is 2.96. The minimum atomic E-state index is -0.708. The van der Waals surface area contributed by atoms with Crippen molar-refractivity contribution in [2.75, 3.05) is 0 Å². The maximum Gasteiger partial charge on any atom is 0.146 e. The van der Waals surface area contributed by atoms with Crippen LogP contribution in [0, 0.1) is 5.41 Å². The Morgan fingerprint density at radius 1 is 1.62 bits per heavy atom. The molecule has 1 fully saturated rings. The second kappa shape index (κ2) is 3.86. The average Bonchev–Trinajstić information content (AvgIpc) is 2.09. The van der Waals surface area contributed by atoms with E-state index in [4.69, 9.17) is 0 Å². The number of carbonyl (C=O) groups is 2. The molecule has 0 bridgehead atoms. The molecule has 72 valence electrons. The van der Waals surface area contributed by atoms with Crippen molar-refractivity contribution >= 4 is 11.6 Å². The number of hydrogen-bond donors (Lipinski definition) is 0. The summed E-state index contributed by atoms with van der Waals surface area (Å²) in [6.07, 6.45) is 5.40. The summed E-state index contributed by atoms with van der Waals surface area (Å²) in [4.78, 5) is 23.1. The Labute approximate surface area is 79.0 Å². The van der Waals surface area contributed by atoms with Gasteiger partial charge < -0.3 is 0 Å². The van der Waals surface area contributed by atoms with Crippen molar-refractivity contribution in [3.8, 4) is 0 Å². The summed E-state index contributed by atoms with van der Waals surface area (Å²) in [5.74, 6) is 0.128. The summed E-state index contributed by atoms with van der Waals surface area (Å²) in [6, 6.07) is 0. The van der Waals surface area contributed by atoms with Crippen LogP contribution in [-0.2, 0) is 9.59 Å². The van der Waals surface area contributed by atoms with Gasteiger partial charge in [-0.15, -0.1) is 6.58 Å². The summed E-state index contributed by atoms with van der Waals surface area (Å²) in [6.45, 7) is 5.13. The van der Waals surface area contributed by atoms with Crippen LogP contribution in [0.25, 0.3) is 0 Å². The molecule has 0 amide bonds. The molecule has 0 aliphatic heterocycles. The maximum atomic E-state index is 11.7. The molecule has 1 aliphatic carbocycles. The molecule has 0 N–H and O–H groups in total. The average molecular weight is 180 g/mol. The van der Waals surface area contributed by atoms with Crippen molar-refractivity contribution in [1.29, 1.82) is 0 Å². The second-order valence-corrected chi connectivity index (χ2v) is 3.76. The van der Waals surface area contributed by atoms with Gasteiger partial charge in [0.1, 0.15) is 11.6 Å². The van der Waals surface area contributed by atoms with Crippen LogP contribution in [0.5, 0.6) is 0 Å². The van der Waals surface area contributed by atoms with E-state index >= 15 is 0 Å². The molecule has 1 atom stereocenters. The summed E-state index contributed by atoms with van der Waals surface area (Å²) in [5.41, 5.74) is -0.708. The van der Waals surface area contributed by atoms with Crippen LogP contribution in [0.15, 0.2) is 12.7 Å². The molecule has 1 unspecified atom stereocenters. The van der Waals surface area contributed by atoms with Crippen molar-refractivity contribution in [2.45, 2.75) is 39.0 Å². The topological polar surface area (TPSA) is 34.1 Å². The zero-order chi connectivity index (χ0) is 9.90. The molecule has 2 nitrogen and oxygen atoms in total. The number of Topliss-reactive ketones (excluding diaryl/α,β-unsaturated/α-hetero) is 2. The molecule has 0 aromatic rings. The molecule has 2 heteroatoms.